The van der Waals surface area contributed by atoms with Gasteiger partial charge in [0, 0.05) is 11.6 Å². The van der Waals surface area contributed by atoms with Gasteiger partial charge in [-0.2, -0.15) is 0 Å². The van der Waals surface area contributed by atoms with Crippen LogP contribution in [0.15, 0.2) is 48.5 Å². The summed E-state index contributed by atoms with van der Waals surface area (Å²) in [4.78, 5) is 23.3. The third-order valence-corrected chi connectivity index (χ3v) is 4.20. The quantitative estimate of drug-likeness (QED) is 0.903. The Hall–Kier alpha value is -2.82. The molecule has 1 fully saturated rings. The van der Waals surface area contributed by atoms with Gasteiger partial charge in [-0.1, -0.05) is 37.1 Å². The number of hydrogen-bond acceptors (Lipinski definition) is 3. The topological polar surface area (TPSA) is 81.4 Å². The fraction of sp³-hybridized carbons (Fsp3) is 0.263. The number of benzene rings is 2. The molecule has 3 rings (SSSR count). The van der Waals surface area contributed by atoms with Crippen LogP contribution in [0.1, 0.15) is 36.0 Å². The van der Waals surface area contributed by atoms with E-state index in [1.807, 2.05) is 18.2 Å². The molecule has 0 atom stereocenters. The predicted molar refractivity (Wildman–Crippen MR) is 91.8 cm³/mol. The highest BCUT2D eigenvalue weighted by molar-refractivity contribution is 5.94. The molecule has 0 radical (unpaired) electrons. The van der Waals surface area contributed by atoms with Gasteiger partial charge in [0.25, 0.3) is 0 Å². The van der Waals surface area contributed by atoms with E-state index in [9.17, 15) is 9.59 Å². The van der Waals surface area contributed by atoms with Gasteiger partial charge in [-0.15, -0.1) is 0 Å². The summed E-state index contributed by atoms with van der Waals surface area (Å²) in [6, 6.07) is 14.5. The molecule has 24 heavy (non-hydrogen) atoms. The fourth-order valence-electron chi connectivity index (χ4n) is 2.96. The first-order valence-electron chi connectivity index (χ1n) is 8.10. The second-order valence-corrected chi connectivity index (χ2v) is 5.99. The Balaban J connectivity index is 1.73. The summed E-state index contributed by atoms with van der Waals surface area (Å²) in [5.74, 6) is -0.00679. The number of amides is 2. The third-order valence-electron chi connectivity index (χ3n) is 4.20. The van der Waals surface area contributed by atoms with Gasteiger partial charge < -0.3 is 15.8 Å². The predicted octanol–water partition coefficient (Wildman–Crippen LogP) is 3.48. The second-order valence-electron chi connectivity index (χ2n) is 5.99. The average Bonchev–Trinajstić information content (AvgIpc) is 3.08. The summed E-state index contributed by atoms with van der Waals surface area (Å²) in [6.07, 6.45) is 3.89. The van der Waals surface area contributed by atoms with Crippen molar-refractivity contribution in [2.45, 2.75) is 31.7 Å². The molecule has 2 aromatic carbocycles. The summed E-state index contributed by atoms with van der Waals surface area (Å²) in [7, 11) is 0. The molecule has 2 aromatic rings. The number of nitrogens with one attached hydrogen (secondary N) is 1. The summed E-state index contributed by atoms with van der Waals surface area (Å²) >= 11 is 0. The minimum absolute atomic E-state index is 0.216. The van der Waals surface area contributed by atoms with E-state index in [0.29, 0.717) is 11.3 Å². The van der Waals surface area contributed by atoms with Crippen LogP contribution in [-0.4, -0.2) is 18.0 Å². The van der Waals surface area contributed by atoms with Crippen LogP contribution in [0.5, 0.6) is 5.75 Å². The normalized spacial score (nSPS) is 14.3. The van der Waals surface area contributed by atoms with Crippen LogP contribution in [0.25, 0.3) is 11.1 Å². The Bertz CT molecular complexity index is 752. The number of nitrogens with two attached hydrogens (primary N) is 1. The Kier molecular flexibility index (Phi) is 4.79. The lowest BCUT2D eigenvalue weighted by Crippen LogP contribution is -2.34. The molecule has 0 spiro atoms. The molecule has 5 heteroatoms. The van der Waals surface area contributed by atoms with Crippen molar-refractivity contribution >= 4 is 12.0 Å². The lowest BCUT2D eigenvalue weighted by molar-refractivity contribution is 0.1000. The van der Waals surface area contributed by atoms with E-state index in [1.54, 1.807) is 30.3 Å². The molecule has 0 saturated heterocycles. The molecule has 1 aliphatic rings. The summed E-state index contributed by atoms with van der Waals surface area (Å²) in [5.41, 5.74) is 7.45. The SMILES string of the molecule is NC(=O)c1cccc(-c2cccc(OC(=O)NC3CCCC3)c2)c1. The molecule has 3 N–H and O–H groups in total. The zero-order valence-corrected chi connectivity index (χ0v) is 13.3. The highest BCUT2D eigenvalue weighted by atomic mass is 16.6. The number of carbonyl (C=O) groups is 2. The molecule has 0 aromatic heterocycles. The van der Waals surface area contributed by atoms with Crippen molar-refractivity contribution in [3.63, 3.8) is 0 Å². The highest BCUT2D eigenvalue weighted by Crippen LogP contribution is 2.25. The van der Waals surface area contributed by atoms with E-state index >= 15 is 0 Å². The number of hydrogen-bond donors (Lipinski definition) is 2. The summed E-state index contributed by atoms with van der Waals surface area (Å²) in [6.45, 7) is 0. The molecule has 0 heterocycles. The highest BCUT2D eigenvalue weighted by Gasteiger charge is 2.18. The van der Waals surface area contributed by atoms with Gasteiger partial charge in [-0.05, 0) is 48.2 Å². The van der Waals surface area contributed by atoms with Gasteiger partial charge in [-0.25, -0.2) is 4.79 Å². The van der Waals surface area contributed by atoms with Crippen molar-refractivity contribution in [1.29, 1.82) is 0 Å². The fourth-order valence-corrected chi connectivity index (χ4v) is 2.96. The maximum Gasteiger partial charge on any atom is 0.412 e. The zero-order valence-electron chi connectivity index (χ0n) is 13.3. The monoisotopic (exact) mass is 324 g/mol. The number of rotatable bonds is 4. The second kappa shape index (κ2) is 7.17. The van der Waals surface area contributed by atoms with Crippen LogP contribution < -0.4 is 15.8 Å². The standard InChI is InChI=1S/C19H20N2O3/c20-18(22)15-7-3-5-13(11-15)14-6-4-10-17(12-14)24-19(23)21-16-8-1-2-9-16/h3-7,10-12,16H,1-2,8-9H2,(H2,20,22)(H,21,23). The first-order chi connectivity index (χ1) is 11.6. The van der Waals surface area contributed by atoms with Gasteiger partial charge in [0.2, 0.25) is 5.91 Å². The average molecular weight is 324 g/mol. The first-order valence-corrected chi connectivity index (χ1v) is 8.10. The molecule has 2 amide bonds. The van der Waals surface area contributed by atoms with E-state index in [0.717, 1.165) is 36.8 Å². The van der Waals surface area contributed by atoms with Crippen LogP contribution in [0.4, 0.5) is 4.79 Å². The van der Waals surface area contributed by atoms with Crippen molar-refractivity contribution in [2.24, 2.45) is 5.73 Å². The molecule has 1 aliphatic carbocycles. The van der Waals surface area contributed by atoms with E-state index < -0.39 is 12.0 Å². The van der Waals surface area contributed by atoms with Crippen LogP contribution in [0.3, 0.4) is 0 Å². The van der Waals surface area contributed by atoms with E-state index in [1.165, 1.54) is 0 Å². The van der Waals surface area contributed by atoms with Crippen molar-refractivity contribution in [3.8, 4) is 16.9 Å². The Labute approximate surface area is 140 Å². The molecule has 0 bridgehead atoms. The first kappa shape index (κ1) is 16.1. The van der Waals surface area contributed by atoms with Crippen molar-refractivity contribution in [1.82, 2.24) is 5.32 Å². The maximum atomic E-state index is 12.0. The van der Waals surface area contributed by atoms with Gasteiger partial charge in [0.15, 0.2) is 0 Å². The molecule has 5 nitrogen and oxygen atoms in total. The molecule has 1 saturated carbocycles. The molecular formula is C19H20N2O3. The van der Waals surface area contributed by atoms with Crippen molar-refractivity contribution in [3.05, 3.63) is 54.1 Å². The molecular weight excluding hydrogens is 304 g/mol. The van der Waals surface area contributed by atoms with E-state index in [2.05, 4.69) is 5.32 Å². The smallest absolute Gasteiger partial charge is 0.410 e. The van der Waals surface area contributed by atoms with E-state index in [4.69, 9.17) is 10.5 Å². The summed E-state index contributed by atoms with van der Waals surface area (Å²) in [5, 5.41) is 2.89. The van der Waals surface area contributed by atoms with Gasteiger partial charge in [0.1, 0.15) is 5.75 Å². The summed E-state index contributed by atoms with van der Waals surface area (Å²) < 4.78 is 5.37. The van der Waals surface area contributed by atoms with Gasteiger partial charge in [-0.3, -0.25) is 4.79 Å². The molecule has 0 unspecified atom stereocenters. The van der Waals surface area contributed by atoms with Gasteiger partial charge >= 0.3 is 6.09 Å². The Morgan fingerprint density at radius 2 is 1.67 bits per heavy atom. The lowest BCUT2D eigenvalue weighted by Gasteiger charge is -2.12. The number of carbonyl (C=O) groups excluding carboxylic acids is 2. The number of primary amides is 1. The van der Waals surface area contributed by atoms with Gasteiger partial charge in [0.05, 0.1) is 0 Å². The Morgan fingerprint density at radius 1 is 1.00 bits per heavy atom. The van der Waals surface area contributed by atoms with Crippen LogP contribution in [0.2, 0.25) is 0 Å². The minimum Gasteiger partial charge on any atom is -0.410 e. The largest absolute Gasteiger partial charge is 0.412 e. The van der Waals surface area contributed by atoms with Crippen LogP contribution >= 0.6 is 0 Å². The third kappa shape index (κ3) is 3.93. The van der Waals surface area contributed by atoms with Crippen molar-refractivity contribution in [2.75, 3.05) is 0 Å². The minimum atomic E-state index is -0.472. The van der Waals surface area contributed by atoms with Crippen LogP contribution in [-0.2, 0) is 0 Å². The molecule has 124 valence electrons. The molecule has 0 aliphatic heterocycles. The maximum absolute atomic E-state index is 12.0. The lowest BCUT2D eigenvalue weighted by atomic mass is 10.0. The number of ether oxygens (including phenoxy) is 1. The van der Waals surface area contributed by atoms with Crippen molar-refractivity contribution < 1.29 is 14.3 Å². The Morgan fingerprint density at radius 3 is 2.38 bits per heavy atom. The zero-order chi connectivity index (χ0) is 16.9. The van der Waals surface area contributed by atoms with Crippen LogP contribution in [0, 0.1) is 0 Å². The van der Waals surface area contributed by atoms with E-state index in [-0.39, 0.29) is 6.04 Å².